The third kappa shape index (κ3) is 7.33. The maximum atomic E-state index is 12.8. The van der Waals surface area contributed by atoms with E-state index in [0.717, 1.165) is 19.3 Å². The van der Waals surface area contributed by atoms with Gasteiger partial charge >= 0.3 is 17.9 Å². The van der Waals surface area contributed by atoms with Crippen molar-refractivity contribution in [1.29, 1.82) is 0 Å². The highest BCUT2D eigenvalue weighted by molar-refractivity contribution is 5.97. The van der Waals surface area contributed by atoms with Crippen molar-refractivity contribution in [1.82, 2.24) is 0 Å². The Kier molecular flexibility index (Phi) is 8.83. The van der Waals surface area contributed by atoms with E-state index in [4.69, 9.17) is 14.2 Å². The van der Waals surface area contributed by atoms with Crippen LogP contribution < -0.4 is 9.47 Å². The van der Waals surface area contributed by atoms with Gasteiger partial charge in [-0.15, -0.1) is 0 Å². The van der Waals surface area contributed by atoms with E-state index in [1.165, 1.54) is 66.7 Å². The van der Waals surface area contributed by atoms with Crippen LogP contribution in [-0.2, 0) is 4.74 Å². The molecule has 0 heterocycles. The highest BCUT2D eigenvalue weighted by atomic mass is 16.6. The molecule has 0 aliphatic heterocycles. The van der Waals surface area contributed by atoms with Crippen LogP contribution in [0.2, 0.25) is 0 Å². The number of aromatic hydroxyl groups is 2. The molecule has 8 nitrogen and oxygen atoms in total. The zero-order valence-electron chi connectivity index (χ0n) is 19.2. The molecule has 35 heavy (non-hydrogen) atoms. The minimum Gasteiger partial charge on any atom is -0.508 e. The van der Waals surface area contributed by atoms with Crippen LogP contribution in [0.3, 0.4) is 0 Å². The van der Waals surface area contributed by atoms with E-state index < -0.39 is 17.9 Å². The van der Waals surface area contributed by atoms with Crippen molar-refractivity contribution in [2.75, 3.05) is 6.61 Å². The normalized spacial score (nSPS) is 10.4. The van der Waals surface area contributed by atoms with Gasteiger partial charge in [0.1, 0.15) is 28.6 Å². The molecule has 0 spiro atoms. The van der Waals surface area contributed by atoms with E-state index in [0.29, 0.717) is 6.42 Å². The minimum absolute atomic E-state index is 0.00492. The Morgan fingerprint density at radius 3 is 1.83 bits per heavy atom. The predicted octanol–water partition coefficient (Wildman–Crippen LogP) is 5.27. The van der Waals surface area contributed by atoms with Gasteiger partial charge in [-0.25, -0.2) is 14.4 Å². The lowest BCUT2D eigenvalue weighted by Gasteiger charge is -2.12. The molecule has 0 bridgehead atoms. The molecule has 0 aromatic heterocycles. The van der Waals surface area contributed by atoms with Gasteiger partial charge in [0.2, 0.25) is 0 Å². The summed E-state index contributed by atoms with van der Waals surface area (Å²) in [6.07, 6.45) is 3.67. The number of phenols is 2. The van der Waals surface area contributed by atoms with Gasteiger partial charge in [0, 0.05) is 0 Å². The van der Waals surface area contributed by atoms with Gasteiger partial charge in [-0.2, -0.15) is 0 Å². The molecule has 0 radical (unpaired) electrons. The van der Waals surface area contributed by atoms with Gasteiger partial charge in [0.15, 0.2) is 0 Å². The van der Waals surface area contributed by atoms with Crippen molar-refractivity contribution in [3.63, 3.8) is 0 Å². The van der Waals surface area contributed by atoms with Crippen LogP contribution in [0, 0.1) is 0 Å². The second kappa shape index (κ2) is 12.2. The van der Waals surface area contributed by atoms with E-state index >= 15 is 0 Å². The van der Waals surface area contributed by atoms with Crippen LogP contribution in [0.25, 0.3) is 0 Å². The third-order valence-electron chi connectivity index (χ3n) is 5.02. The van der Waals surface area contributed by atoms with Crippen LogP contribution in [0.15, 0.2) is 66.7 Å². The fourth-order valence-electron chi connectivity index (χ4n) is 3.11. The van der Waals surface area contributed by atoms with Gasteiger partial charge in [0.25, 0.3) is 0 Å². The second-order valence-corrected chi connectivity index (χ2v) is 7.73. The van der Waals surface area contributed by atoms with E-state index in [2.05, 4.69) is 6.92 Å². The molecule has 0 atom stereocenters. The van der Waals surface area contributed by atoms with Crippen molar-refractivity contribution >= 4 is 17.9 Å². The lowest BCUT2D eigenvalue weighted by molar-refractivity contribution is 0.0490. The Labute approximate surface area is 202 Å². The number of hydrogen-bond acceptors (Lipinski definition) is 8. The van der Waals surface area contributed by atoms with Gasteiger partial charge in [0.05, 0.1) is 17.7 Å². The van der Waals surface area contributed by atoms with Gasteiger partial charge in [-0.05, 0) is 73.2 Å². The SMILES string of the molecule is CCCCCCOC(=O)c1cc(OC(=O)c2ccc(O)cc2)ccc1OC(=O)c1ccc(O)cc1. The van der Waals surface area contributed by atoms with Crippen molar-refractivity contribution in [2.45, 2.75) is 32.6 Å². The zero-order chi connectivity index (χ0) is 25.2. The Hall–Kier alpha value is -4.33. The molecule has 3 aromatic rings. The summed E-state index contributed by atoms with van der Waals surface area (Å²) >= 11 is 0. The maximum Gasteiger partial charge on any atom is 0.343 e. The summed E-state index contributed by atoms with van der Waals surface area (Å²) in [7, 11) is 0. The Bertz CT molecular complexity index is 1170. The molecule has 182 valence electrons. The molecule has 0 fully saturated rings. The zero-order valence-corrected chi connectivity index (χ0v) is 19.2. The fourth-order valence-corrected chi connectivity index (χ4v) is 3.11. The van der Waals surface area contributed by atoms with Gasteiger partial charge < -0.3 is 24.4 Å². The van der Waals surface area contributed by atoms with E-state index in [1.54, 1.807) is 0 Å². The molecule has 0 saturated carbocycles. The van der Waals surface area contributed by atoms with E-state index in [1.807, 2.05) is 0 Å². The Morgan fingerprint density at radius 2 is 1.26 bits per heavy atom. The first-order valence-corrected chi connectivity index (χ1v) is 11.2. The van der Waals surface area contributed by atoms with Crippen LogP contribution in [0.5, 0.6) is 23.0 Å². The Balaban J connectivity index is 1.80. The summed E-state index contributed by atoms with van der Waals surface area (Å²) in [4.78, 5) is 37.8. The molecule has 8 heteroatoms. The highest BCUT2D eigenvalue weighted by Crippen LogP contribution is 2.27. The molecule has 0 aliphatic rings. The second-order valence-electron chi connectivity index (χ2n) is 7.73. The average molecular weight is 478 g/mol. The molecular weight excluding hydrogens is 452 g/mol. The van der Waals surface area contributed by atoms with Gasteiger partial charge in [-0.1, -0.05) is 26.2 Å². The molecule has 0 amide bonds. The first kappa shape index (κ1) is 25.3. The predicted molar refractivity (Wildman–Crippen MR) is 127 cm³/mol. The number of unbranched alkanes of at least 4 members (excludes halogenated alkanes) is 3. The largest absolute Gasteiger partial charge is 0.508 e. The number of carbonyl (C=O) groups is 3. The van der Waals surface area contributed by atoms with E-state index in [-0.39, 0.29) is 46.3 Å². The van der Waals surface area contributed by atoms with Crippen LogP contribution in [-0.4, -0.2) is 34.7 Å². The number of ether oxygens (including phenoxy) is 3. The topological polar surface area (TPSA) is 119 Å². The minimum atomic E-state index is -0.740. The van der Waals surface area contributed by atoms with Crippen LogP contribution >= 0.6 is 0 Å². The average Bonchev–Trinajstić information content (AvgIpc) is 2.85. The van der Waals surface area contributed by atoms with Crippen molar-refractivity contribution < 1.29 is 38.8 Å². The molecular formula is C27H26O8. The molecule has 0 aliphatic carbocycles. The summed E-state index contributed by atoms with van der Waals surface area (Å²) in [5.74, 6) is -2.18. The summed E-state index contributed by atoms with van der Waals surface area (Å²) in [5.41, 5.74) is 0.291. The summed E-state index contributed by atoms with van der Waals surface area (Å²) < 4.78 is 16.1. The number of rotatable bonds is 10. The Morgan fingerprint density at radius 1 is 0.686 bits per heavy atom. The monoisotopic (exact) mass is 478 g/mol. The van der Waals surface area contributed by atoms with Crippen molar-refractivity contribution in [3.8, 4) is 23.0 Å². The quantitative estimate of drug-likeness (QED) is 0.230. The summed E-state index contributed by atoms with van der Waals surface area (Å²) in [5, 5.41) is 18.8. The summed E-state index contributed by atoms with van der Waals surface area (Å²) in [6, 6.07) is 14.9. The highest BCUT2D eigenvalue weighted by Gasteiger charge is 2.20. The first-order valence-electron chi connectivity index (χ1n) is 11.2. The third-order valence-corrected chi connectivity index (χ3v) is 5.02. The smallest absolute Gasteiger partial charge is 0.343 e. The number of hydrogen-bond donors (Lipinski definition) is 2. The number of carbonyl (C=O) groups excluding carboxylic acids is 3. The molecule has 0 unspecified atom stereocenters. The van der Waals surface area contributed by atoms with Gasteiger partial charge in [-0.3, -0.25) is 0 Å². The first-order chi connectivity index (χ1) is 16.9. The lowest BCUT2D eigenvalue weighted by Crippen LogP contribution is -2.14. The van der Waals surface area contributed by atoms with Crippen LogP contribution in [0.1, 0.15) is 63.7 Å². The standard InChI is InChI=1S/C27H26O8/c1-2-3-4-5-16-33-27(32)23-17-22(34-25(30)18-6-10-20(28)11-7-18)14-15-24(23)35-26(31)19-8-12-21(29)13-9-19/h6-15,17,28-29H,2-5,16H2,1H3. The van der Waals surface area contributed by atoms with Crippen LogP contribution in [0.4, 0.5) is 0 Å². The number of phenolic OH excluding ortho intramolecular Hbond substituents is 2. The molecule has 2 N–H and O–H groups in total. The number of esters is 3. The lowest BCUT2D eigenvalue weighted by atomic mass is 10.1. The summed E-state index contributed by atoms with van der Waals surface area (Å²) in [6.45, 7) is 2.27. The van der Waals surface area contributed by atoms with Crippen molar-refractivity contribution in [2.24, 2.45) is 0 Å². The van der Waals surface area contributed by atoms with E-state index in [9.17, 15) is 24.6 Å². The fraction of sp³-hybridized carbons (Fsp3) is 0.222. The molecule has 0 saturated heterocycles. The van der Waals surface area contributed by atoms with Crippen molar-refractivity contribution in [3.05, 3.63) is 83.4 Å². The maximum absolute atomic E-state index is 12.8. The number of benzene rings is 3. The molecule has 3 rings (SSSR count). The molecule has 3 aromatic carbocycles.